The Morgan fingerprint density at radius 3 is 2.78 bits per heavy atom. The van der Waals surface area contributed by atoms with E-state index in [1.165, 1.54) is 19.0 Å². The molecule has 4 rings (SSSR count). The zero-order chi connectivity index (χ0) is 19.1. The normalized spacial score (nSPS) is 15.0. The fraction of sp³-hybridized carbons (Fsp3) is 0.316. The minimum Gasteiger partial charge on any atom is -0.382 e. The molecule has 3 aromatic rings. The van der Waals surface area contributed by atoms with Crippen LogP contribution in [0.25, 0.3) is 10.9 Å². The van der Waals surface area contributed by atoms with Crippen LogP contribution >= 0.6 is 23.2 Å². The average molecular weight is 404 g/mol. The SMILES string of the molecule is CC(Nc1cc(=O)n(C)c2ccc(Nc3nc(Cl)ncc3Cl)cc12)C1CC1. The number of fused-ring (bicyclic) bond motifs is 1. The van der Waals surface area contributed by atoms with Gasteiger partial charge in [0.2, 0.25) is 5.28 Å². The molecule has 1 unspecified atom stereocenters. The van der Waals surface area contributed by atoms with E-state index in [2.05, 4.69) is 27.5 Å². The largest absolute Gasteiger partial charge is 0.382 e. The summed E-state index contributed by atoms with van der Waals surface area (Å²) in [5.74, 6) is 1.11. The van der Waals surface area contributed by atoms with Crippen LogP contribution in [0.2, 0.25) is 10.3 Å². The second-order valence-corrected chi connectivity index (χ2v) is 7.66. The summed E-state index contributed by atoms with van der Waals surface area (Å²) in [5.41, 5.74) is 2.44. The van der Waals surface area contributed by atoms with Crippen molar-refractivity contribution in [2.75, 3.05) is 10.6 Å². The first kappa shape index (κ1) is 18.1. The molecule has 1 aliphatic carbocycles. The molecule has 27 heavy (non-hydrogen) atoms. The summed E-state index contributed by atoms with van der Waals surface area (Å²) in [4.78, 5) is 20.3. The number of rotatable bonds is 5. The van der Waals surface area contributed by atoms with Gasteiger partial charge in [0.1, 0.15) is 5.02 Å². The highest BCUT2D eigenvalue weighted by atomic mass is 35.5. The summed E-state index contributed by atoms with van der Waals surface area (Å²) < 4.78 is 1.64. The number of hydrogen-bond acceptors (Lipinski definition) is 5. The summed E-state index contributed by atoms with van der Waals surface area (Å²) in [6.07, 6.45) is 3.92. The Bertz CT molecular complexity index is 1080. The van der Waals surface area contributed by atoms with Gasteiger partial charge in [-0.05, 0) is 55.5 Å². The third kappa shape index (κ3) is 3.73. The number of benzene rings is 1. The van der Waals surface area contributed by atoms with E-state index in [-0.39, 0.29) is 10.8 Å². The van der Waals surface area contributed by atoms with Crippen LogP contribution in [0.1, 0.15) is 19.8 Å². The lowest BCUT2D eigenvalue weighted by Crippen LogP contribution is -2.22. The highest BCUT2D eigenvalue weighted by Gasteiger charge is 2.28. The van der Waals surface area contributed by atoms with Gasteiger partial charge in [0.15, 0.2) is 5.82 Å². The molecule has 0 saturated heterocycles. The standard InChI is InChI=1S/C19H19Cl2N5O/c1-10(11-3-4-11)23-15-8-17(27)26(2)16-6-5-12(7-13(15)16)24-18-14(20)9-22-19(21)25-18/h5-11,23H,3-4H2,1-2H3,(H,22,24,25). The number of hydrogen-bond donors (Lipinski definition) is 2. The van der Waals surface area contributed by atoms with E-state index in [1.54, 1.807) is 17.7 Å². The van der Waals surface area contributed by atoms with Crippen LogP contribution in [0.3, 0.4) is 0 Å². The zero-order valence-electron chi connectivity index (χ0n) is 15.0. The van der Waals surface area contributed by atoms with Crippen LogP contribution in [-0.4, -0.2) is 20.6 Å². The molecule has 0 amide bonds. The lowest BCUT2D eigenvalue weighted by Gasteiger charge is -2.18. The van der Waals surface area contributed by atoms with Crippen molar-refractivity contribution in [1.29, 1.82) is 0 Å². The van der Waals surface area contributed by atoms with Crippen molar-refractivity contribution < 1.29 is 0 Å². The number of anilines is 3. The third-order valence-electron chi connectivity index (χ3n) is 4.94. The van der Waals surface area contributed by atoms with Crippen LogP contribution < -0.4 is 16.2 Å². The first-order chi connectivity index (χ1) is 12.9. The highest BCUT2D eigenvalue weighted by Crippen LogP contribution is 2.35. The highest BCUT2D eigenvalue weighted by molar-refractivity contribution is 6.33. The molecule has 2 aromatic heterocycles. The Labute approximate surface area is 166 Å². The Morgan fingerprint density at radius 2 is 2.04 bits per heavy atom. The summed E-state index contributed by atoms with van der Waals surface area (Å²) in [5, 5.41) is 8.13. The monoisotopic (exact) mass is 403 g/mol. The van der Waals surface area contributed by atoms with E-state index in [4.69, 9.17) is 23.2 Å². The van der Waals surface area contributed by atoms with Crippen molar-refractivity contribution >= 4 is 51.3 Å². The maximum absolute atomic E-state index is 12.3. The molecule has 0 spiro atoms. The Kier molecular flexibility index (Phi) is 4.70. The van der Waals surface area contributed by atoms with Gasteiger partial charge in [-0.25, -0.2) is 4.98 Å². The summed E-state index contributed by atoms with van der Waals surface area (Å²) >= 11 is 12.0. The Balaban J connectivity index is 1.76. The fourth-order valence-corrected chi connectivity index (χ4v) is 3.46. The van der Waals surface area contributed by atoms with Gasteiger partial charge in [0, 0.05) is 35.9 Å². The van der Waals surface area contributed by atoms with Gasteiger partial charge in [-0.1, -0.05) is 11.6 Å². The van der Waals surface area contributed by atoms with Gasteiger partial charge < -0.3 is 15.2 Å². The molecule has 1 aliphatic rings. The minimum atomic E-state index is -0.0423. The van der Waals surface area contributed by atoms with Crippen LogP contribution in [-0.2, 0) is 7.05 Å². The first-order valence-corrected chi connectivity index (χ1v) is 9.53. The number of nitrogens with zero attached hydrogens (tertiary/aromatic N) is 3. The molecule has 1 aromatic carbocycles. The summed E-state index contributed by atoms with van der Waals surface area (Å²) in [6, 6.07) is 7.74. The lowest BCUT2D eigenvalue weighted by molar-refractivity contribution is 0.694. The molecule has 6 nitrogen and oxygen atoms in total. The second-order valence-electron chi connectivity index (χ2n) is 6.92. The molecule has 0 bridgehead atoms. The smallest absolute Gasteiger partial charge is 0.252 e. The van der Waals surface area contributed by atoms with E-state index < -0.39 is 0 Å². The van der Waals surface area contributed by atoms with Gasteiger partial charge in [-0.3, -0.25) is 4.79 Å². The van der Waals surface area contributed by atoms with Gasteiger partial charge in [-0.2, -0.15) is 4.98 Å². The molecule has 0 aliphatic heterocycles. The van der Waals surface area contributed by atoms with Crippen molar-refractivity contribution in [3.05, 3.63) is 51.1 Å². The number of nitrogens with one attached hydrogen (secondary N) is 2. The van der Waals surface area contributed by atoms with E-state index >= 15 is 0 Å². The van der Waals surface area contributed by atoms with Crippen LogP contribution in [0, 0.1) is 5.92 Å². The van der Waals surface area contributed by atoms with Gasteiger partial charge in [-0.15, -0.1) is 0 Å². The van der Waals surface area contributed by atoms with Crippen molar-refractivity contribution in [3.8, 4) is 0 Å². The van der Waals surface area contributed by atoms with Gasteiger partial charge in [0.05, 0.1) is 11.7 Å². The average Bonchev–Trinajstić information content (AvgIpc) is 3.48. The van der Waals surface area contributed by atoms with Crippen molar-refractivity contribution in [2.24, 2.45) is 13.0 Å². The molecule has 8 heteroatoms. The predicted molar refractivity (Wildman–Crippen MR) is 110 cm³/mol. The van der Waals surface area contributed by atoms with Gasteiger partial charge in [0.25, 0.3) is 5.56 Å². The number of aryl methyl sites for hydroxylation is 1. The summed E-state index contributed by atoms with van der Waals surface area (Å²) in [7, 11) is 1.77. The minimum absolute atomic E-state index is 0.0423. The molecule has 2 N–H and O–H groups in total. The van der Waals surface area contributed by atoms with E-state index in [0.29, 0.717) is 22.8 Å². The molecular weight excluding hydrogens is 385 g/mol. The number of aromatic nitrogens is 3. The second kappa shape index (κ2) is 7.02. The van der Waals surface area contributed by atoms with Crippen LogP contribution in [0.5, 0.6) is 0 Å². The first-order valence-electron chi connectivity index (χ1n) is 8.78. The van der Waals surface area contributed by atoms with Crippen molar-refractivity contribution in [2.45, 2.75) is 25.8 Å². The van der Waals surface area contributed by atoms with E-state index in [0.717, 1.165) is 22.3 Å². The topological polar surface area (TPSA) is 71.8 Å². The predicted octanol–water partition coefficient (Wildman–Crippen LogP) is 4.59. The number of halogens is 2. The molecule has 2 heterocycles. The van der Waals surface area contributed by atoms with Crippen LogP contribution in [0.4, 0.5) is 17.2 Å². The maximum atomic E-state index is 12.3. The third-order valence-corrected chi connectivity index (χ3v) is 5.39. The van der Waals surface area contributed by atoms with Crippen molar-refractivity contribution in [1.82, 2.24) is 14.5 Å². The Hall–Kier alpha value is -2.31. The lowest BCUT2D eigenvalue weighted by atomic mass is 10.1. The number of pyridine rings is 1. The molecular formula is C19H19Cl2N5O. The van der Waals surface area contributed by atoms with Crippen molar-refractivity contribution in [3.63, 3.8) is 0 Å². The molecule has 0 radical (unpaired) electrons. The van der Waals surface area contributed by atoms with Gasteiger partial charge >= 0.3 is 0 Å². The molecule has 1 fully saturated rings. The fourth-order valence-electron chi connectivity index (χ4n) is 3.19. The molecule has 1 saturated carbocycles. The molecule has 140 valence electrons. The van der Waals surface area contributed by atoms with E-state index in [9.17, 15) is 4.79 Å². The molecule has 1 atom stereocenters. The quantitative estimate of drug-likeness (QED) is 0.609. The summed E-state index contributed by atoms with van der Waals surface area (Å²) in [6.45, 7) is 2.16. The van der Waals surface area contributed by atoms with E-state index in [1.807, 2.05) is 18.2 Å². The Morgan fingerprint density at radius 1 is 1.26 bits per heavy atom. The van der Waals surface area contributed by atoms with Crippen LogP contribution in [0.15, 0.2) is 35.3 Å². The zero-order valence-corrected chi connectivity index (χ0v) is 16.5. The maximum Gasteiger partial charge on any atom is 0.252 e.